The van der Waals surface area contributed by atoms with Crippen molar-refractivity contribution in [3.8, 4) is 0 Å². The van der Waals surface area contributed by atoms with Gasteiger partial charge >= 0.3 is 12.0 Å². The Bertz CT molecular complexity index is 734. The lowest BCUT2D eigenvalue weighted by atomic mass is 9.85. The van der Waals surface area contributed by atoms with Gasteiger partial charge in [-0.1, -0.05) is 24.3 Å². The standard InChI is InChI=1S/C20H25N3O4/c1-21(2)16-10-6-14(7-11-16)18(19(23(25)26)20(24)27-5)15-8-12-17(13-9-15)22(3)4/h6-13,18-19H,1-5H3. The third-order valence-electron chi connectivity index (χ3n) is 4.52. The summed E-state index contributed by atoms with van der Waals surface area (Å²) < 4.78 is 4.72. The summed E-state index contributed by atoms with van der Waals surface area (Å²) in [6, 6.07) is 13.3. The normalized spacial score (nSPS) is 11.8. The molecule has 0 bridgehead atoms. The van der Waals surface area contributed by atoms with Crippen molar-refractivity contribution in [1.29, 1.82) is 0 Å². The number of anilines is 2. The topological polar surface area (TPSA) is 75.9 Å². The van der Waals surface area contributed by atoms with Crippen LogP contribution in [0.5, 0.6) is 0 Å². The van der Waals surface area contributed by atoms with Gasteiger partial charge in [-0.15, -0.1) is 0 Å². The first-order valence-corrected chi connectivity index (χ1v) is 8.52. The Morgan fingerprint density at radius 2 is 1.26 bits per heavy atom. The molecule has 0 fully saturated rings. The summed E-state index contributed by atoms with van der Waals surface area (Å²) in [6.07, 6.45) is 0. The Balaban J connectivity index is 2.56. The highest BCUT2D eigenvalue weighted by molar-refractivity contribution is 5.76. The summed E-state index contributed by atoms with van der Waals surface area (Å²) in [5.41, 5.74) is 3.31. The number of ether oxygens (including phenoxy) is 1. The van der Waals surface area contributed by atoms with Gasteiger partial charge < -0.3 is 14.5 Å². The Labute approximate surface area is 159 Å². The maximum atomic E-state index is 12.2. The molecule has 0 spiro atoms. The van der Waals surface area contributed by atoms with Gasteiger partial charge in [-0.3, -0.25) is 10.1 Å². The zero-order chi connectivity index (χ0) is 20.1. The number of methoxy groups -OCH3 is 1. The Kier molecular flexibility index (Phi) is 6.39. The van der Waals surface area contributed by atoms with E-state index < -0.39 is 22.9 Å². The van der Waals surface area contributed by atoms with Crippen LogP contribution in [0.1, 0.15) is 17.0 Å². The fourth-order valence-corrected chi connectivity index (χ4v) is 2.98. The number of carbonyl (C=O) groups is 1. The molecule has 1 unspecified atom stereocenters. The SMILES string of the molecule is COC(=O)C(C(c1ccc(N(C)C)cc1)c1ccc(N(C)C)cc1)[N+](=O)[O-]. The number of carbonyl (C=O) groups excluding carboxylic acids is 1. The molecule has 144 valence electrons. The molecule has 0 aliphatic rings. The molecule has 1 atom stereocenters. The van der Waals surface area contributed by atoms with Gasteiger partial charge in [0.2, 0.25) is 0 Å². The summed E-state index contributed by atoms with van der Waals surface area (Å²) in [5.74, 6) is -1.61. The number of nitro groups is 1. The third-order valence-corrected chi connectivity index (χ3v) is 4.52. The summed E-state index contributed by atoms with van der Waals surface area (Å²) in [4.78, 5) is 27.2. The summed E-state index contributed by atoms with van der Waals surface area (Å²) >= 11 is 0. The molecule has 27 heavy (non-hydrogen) atoms. The van der Waals surface area contributed by atoms with Crippen LogP contribution in [-0.4, -0.2) is 52.2 Å². The minimum Gasteiger partial charge on any atom is -0.464 e. The summed E-state index contributed by atoms with van der Waals surface area (Å²) in [7, 11) is 8.84. The number of benzene rings is 2. The van der Waals surface area contributed by atoms with E-state index in [1.165, 1.54) is 7.11 Å². The van der Waals surface area contributed by atoms with E-state index in [-0.39, 0.29) is 0 Å². The van der Waals surface area contributed by atoms with E-state index in [0.29, 0.717) is 11.1 Å². The van der Waals surface area contributed by atoms with Crippen molar-refractivity contribution in [2.24, 2.45) is 0 Å². The van der Waals surface area contributed by atoms with Crippen LogP contribution in [0.4, 0.5) is 11.4 Å². The Morgan fingerprint density at radius 1 is 0.889 bits per heavy atom. The van der Waals surface area contributed by atoms with Crippen LogP contribution in [0.3, 0.4) is 0 Å². The van der Waals surface area contributed by atoms with Crippen LogP contribution in [0.15, 0.2) is 48.5 Å². The average molecular weight is 371 g/mol. The van der Waals surface area contributed by atoms with Crippen molar-refractivity contribution in [2.75, 3.05) is 45.1 Å². The smallest absolute Gasteiger partial charge is 0.382 e. The molecular weight excluding hydrogens is 346 g/mol. The lowest BCUT2D eigenvalue weighted by Gasteiger charge is -2.22. The number of nitrogens with zero attached hydrogens (tertiary/aromatic N) is 3. The highest BCUT2D eigenvalue weighted by Gasteiger charge is 2.41. The first-order chi connectivity index (χ1) is 12.8. The minimum absolute atomic E-state index is 0.573. The predicted octanol–water partition coefficient (Wildman–Crippen LogP) is 2.77. The van der Waals surface area contributed by atoms with E-state index in [2.05, 4.69) is 0 Å². The van der Waals surface area contributed by atoms with Crippen molar-refractivity contribution in [3.05, 3.63) is 69.8 Å². The molecule has 7 heteroatoms. The molecule has 0 radical (unpaired) electrons. The number of hydrogen-bond acceptors (Lipinski definition) is 6. The molecule has 2 aromatic carbocycles. The molecule has 2 aromatic rings. The van der Waals surface area contributed by atoms with Gasteiger partial charge in [-0.25, -0.2) is 4.79 Å². The predicted molar refractivity (Wildman–Crippen MR) is 106 cm³/mol. The molecule has 0 aliphatic heterocycles. The molecule has 0 saturated carbocycles. The van der Waals surface area contributed by atoms with Gasteiger partial charge in [0.15, 0.2) is 0 Å². The fraction of sp³-hybridized carbons (Fsp3) is 0.350. The number of esters is 1. The zero-order valence-electron chi connectivity index (χ0n) is 16.2. The second-order valence-electron chi connectivity index (χ2n) is 6.70. The minimum atomic E-state index is -1.52. The van der Waals surface area contributed by atoms with Crippen molar-refractivity contribution in [2.45, 2.75) is 12.0 Å². The molecule has 2 rings (SSSR count). The van der Waals surface area contributed by atoms with E-state index in [4.69, 9.17) is 4.74 Å². The molecule has 0 aliphatic carbocycles. The van der Waals surface area contributed by atoms with E-state index in [1.54, 1.807) is 0 Å². The van der Waals surface area contributed by atoms with Crippen LogP contribution >= 0.6 is 0 Å². The van der Waals surface area contributed by atoms with E-state index in [1.807, 2.05) is 86.5 Å². The van der Waals surface area contributed by atoms with Gasteiger partial charge in [0, 0.05) is 44.5 Å². The summed E-state index contributed by atoms with van der Waals surface area (Å²) in [5, 5.41) is 11.7. The molecule has 7 nitrogen and oxygen atoms in total. The number of rotatable bonds is 7. The van der Waals surface area contributed by atoms with E-state index >= 15 is 0 Å². The Hall–Kier alpha value is -3.09. The van der Waals surface area contributed by atoms with E-state index in [0.717, 1.165) is 11.4 Å². The monoisotopic (exact) mass is 371 g/mol. The van der Waals surface area contributed by atoms with Crippen molar-refractivity contribution < 1.29 is 14.5 Å². The second-order valence-corrected chi connectivity index (χ2v) is 6.70. The van der Waals surface area contributed by atoms with Crippen LogP contribution in [0.2, 0.25) is 0 Å². The lowest BCUT2D eigenvalue weighted by Crippen LogP contribution is -2.37. The van der Waals surface area contributed by atoms with Gasteiger partial charge in [-0.2, -0.15) is 0 Å². The first-order valence-electron chi connectivity index (χ1n) is 8.52. The van der Waals surface area contributed by atoms with Crippen LogP contribution < -0.4 is 9.80 Å². The van der Waals surface area contributed by atoms with E-state index in [9.17, 15) is 14.9 Å². The van der Waals surface area contributed by atoms with Crippen molar-refractivity contribution >= 4 is 17.3 Å². The summed E-state index contributed by atoms with van der Waals surface area (Å²) in [6.45, 7) is 0. The molecular formula is C20H25N3O4. The Morgan fingerprint density at radius 3 is 1.52 bits per heavy atom. The first kappa shape index (κ1) is 20.2. The molecule has 0 heterocycles. The lowest BCUT2D eigenvalue weighted by molar-refractivity contribution is -0.512. The fourth-order valence-electron chi connectivity index (χ4n) is 2.98. The highest BCUT2D eigenvalue weighted by Crippen LogP contribution is 2.32. The van der Waals surface area contributed by atoms with Gasteiger partial charge in [-0.05, 0) is 35.4 Å². The molecule has 0 aromatic heterocycles. The highest BCUT2D eigenvalue weighted by atomic mass is 16.6. The van der Waals surface area contributed by atoms with Crippen LogP contribution in [0.25, 0.3) is 0 Å². The van der Waals surface area contributed by atoms with Crippen molar-refractivity contribution in [3.63, 3.8) is 0 Å². The number of hydrogen-bond donors (Lipinski definition) is 0. The zero-order valence-corrected chi connectivity index (χ0v) is 16.2. The quantitative estimate of drug-likeness (QED) is 0.423. The van der Waals surface area contributed by atoms with Crippen LogP contribution in [0, 0.1) is 10.1 Å². The van der Waals surface area contributed by atoms with Gasteiger partial charge in [0.1, 0.15) is 0 Å². The van der Waals surface area contributed by atoms with Gasteiger partial charge in [0.25, 0.3) is 0 Å². The van der Waals surface area contributed by atoms with Crippen LogP contribution in [-0.2, 0) is 9.53 Å². The molecule has 0 saturated heterocycles. The second kappa shape index (κ2) is 8.53. The maximum absolute atomic E-state index is 12.2. The molecule has 0 amide bonds. The largest absolute Gasteiger partial charge is 0.464 e. The molecule has 0 N–H and O–H groups in total. The maximum Gasteiger partial charge on any atom is 0.382 e. The average Bonchev–Trinajstić information content (AvgIpc) is 2.65. The van der Waals surface area contributed by atoms with Crippen molar-refractivity contribution in [1.82, 2.24) is 0 Å². The third kappa shape index (κ3) is 4.55. The van der Waals surface area contributed by atoms with Gasteiger partial charge in [0.05, 0.1) is 13.0 Å².